The van der Waals surface area contributed by atoms with Gasteiger partial charge in [0.2, 0.25) is 5.13 Å². The van der Waals surface area contributed by atoms with Gasteiger partial charge in [0.25, 0.3) is 0 Å². The average Bonchev–Trinajstić information content (AvgIpc) is 2.84. The quantitative estimate of drug-likeness (QED) is 0.832. The van der Waals surface area contributed by atoms with E-state index in [4.69, 9.17) is 4.74 Å². The number of aromatic nitrogens is 2. The molecule has 0 N–H and O–H groups in total. The van der Waals surface area contributed by atoms with E-state index < -0.39 is 0 Å². The molecule has 0 saturated carbocycles. The van der Waals surface area contributed by atoms with Gasteiger partial charge in [0, 0.05) is 24.6 Å². The van der Waals surface area contributed by atoms with Crippen molar-refractivity contribution < 1.29 is 4.74 Å². The topological polar surface area (TPSA) is 38.2 Å². The van der Waals surface area contributed by atoms with Gasteiger partial charge in [-0.05, 0) is 36.6 Å². The molecule has 0 unspecified atom stereocenters. The maximum atomic E-state index is 5.28. The summed E-state index contributed by atoms with van der Waals surface area (Å²) < 4.78 is 9.53. The summed E-state index contributed by atoms with van der Waals surface area (Å²) in [6.45, 7) is 3.83. The average molecular weight is 261 g/mol. The molecule has 4 nitrogen and oxygen atoms in total. The molecule has 0 aliphatic carbocycles. The van der Waals surface area contributed by atoms with Crippen LogP contribution in [0.2, 0.25) is 0 Å². The molecule has 1 aromatic carbocycles. The van der Waals surface area contributed by atoms with E-state index in [9.17, 15) is 0 Å². The fourth-order valence-electron chi connectivity index (χ4n) is 2.24. The van der Waals surface area contributed by atoms with Crippen LogP contribution in [-0.4, -0.2) is 23.0 Å². The summed E-state index contributed by atoms with van der Waals surface area (Å²) in [5.74, 6) is 1.77. The standard InChI is InChI=1S/C13H15N3OS/c1-9-14-13(18-15-9)16-6-5-10-3-4-12(17-2)7-11(10)8-16/h3-4,7H,5-6,8H2,1-2H3. The number of hydrogen-bond acceptors (Lipinski definition) is 5. The lowest BCUT2D eigenvalue weighted by molar-refractivity contribution is 0.413. The molecule has 3 rings (SSSR count). The Morgan fingerprint density at radius 1 is 1.33 bits per heavy atom. The Hall–Kier alpha value is -1.62. The van der Waals surface area contributed by atoms with Gasteiger partial charge >= 0.3 is 0 Å². The van der Waals surface area contributed by atoms with Crippen LogP contribution in [0.1, 0.15) is 17.0 Å². The molecule has 0 atom stereocenters. The van der Waals surface area contributed by atoms with Gasteiger partial charge in [-0.2, -0.15) is 4.37 Å². The van der Waals surface area contributed by atoms with Crippen molar-refractivity contribution in [3.63, 3.8) is 0 Å². The van der Waals surface area contributed by atoms with Gasteiger partial charge in [-0.25, -0.2) is 4.98 Å². The maximum Gasteiger partial charge on any atom is 0.205 e. The van der Waals surface area contributed by atoms with Crippen LogP contribution in [0.5, 0.6) is 5.75 Å². The van der Waals surface area contributed by atoms with Crippen molar-refractivity contribution in [1.82, 2.24) is 9.36 Å². The van der Waals surface area contributed by atoms with Crippen LogP contribution in [-0.2, 0) is 13.0 Å². The minimum Gasteiger partial charge on any atom is -0.497 e. The summed E-state index contributed by atoms with van der Waals surface area (Å²) >= 11 is 1.47. The summed E-state index contributed by atoms with van der Waals surface area (Å²) in [6.07, 6.45) is 1.05. The van der Waals surface area contributed by atoms with Gasteiger partial charge in [-0.1, -0.05) is 6.07 Å². The third kappa shape index (κ3) is 2.06. The molecule has 5 heteroatoms. The summed E-state index contributed by atoms with van der Waals surface area (Å²) in [6, 6.07) is 6.32. The highest BCUT2D eigenvalue weighted by Crippen LogP contribution is 2.27. The van der Waals surface area contributed by atoms with Crippen LogP contribution in [0.3, 0.4) is 0 Å². The second-order valence-electron chi connectivity index (χ2n) is 4.43. The van der Waals surface area contributed by atoms with Crippen LogP contribution >= 0.6 is 11.5 Å². The van der Waals surface area contributed by atoms with Gasteiger partial charge < -0.3 is 9.64 Å². The van der Waals surface area contributed by atoms with Crippen molar-refractivity contribution in [3.8, 4) is 5.75 Å². The molecule has 2 aromatic rings. The normalized spacial score (nSPS) is 14.4. The smallest absolute Gasteiger partial charge is 0.205 e. The third-order valence-corrected chi connectivity index (χ3v) is 4.08. The first-order chi connectivity index (χ1) is 8.76. The van der Waals surface area contributed by atoms with E-state index in [-0.39, 0.29) is 0 Å². The lowest BCUT2D eigenvalue weighted by atomic mass is 10.00. The first-order valence-electron chi connectivity index (χ1n) is 5.97. The summed E-state index contributed by atoms with van der Waals surface area (Å²) in [5.41, 5.74) is 2.74. The number of ether oxygens (including phenoxy) is 1. The Labute approximate surface area is 110 Å². The van der Waals surface area contributed by atoms with Gasteiger partial charge in [0.15, 0.2) is 0 Å². The second kappa shape index (κ2) is 4.57. The predicted octanol–water partition coefficient (Wildman–Crippen LogP) is 2.42. The minimum atomic E-state index is 0.853. The Morgan fingerprint density at radius 3 is 2.94 bits per heavy atom. The first kappa shape index (κ1) is 11.5. The molecule has 94 valence electrons. The zero-order valence-electron chi connectivity index (χ0n) is 10.5. The lowest BCUT2D eigenvalue weighted by Crippen LogP contribution is -2.30. The first-order valence-corrected chi connectivity index (χ1v) is 6.74. The molecule has 0 saturated heterocycles. The predicted molar refractivity (Wildman–Crippen MR) is 72.4 cm³/mol. The van der Waals surface area contributed by atoms with E-state index in [2.05, 4.69) is 26.4 Å². The number of aryl methyl sites for hydroxylation is 1. The molecule has 18 heavy (non-hydrogen) atoms. The molecule has 2 heterocycles. The highest BCUT2D eigenvalue weighted by atomic mass is 32.1. The number of benzene rings is 1. The second-order valence-corrected chi connectivity index (χ2v) is 5.16. The monoisotopic (exact) mass is 261 g/mol. The van der Waals surface area contributed by atoms with Gasteiger partial charge in [0.1, 0.15) is 11.6 Å². The van der Waals surface area contributed by atoms with E-state index >= 15 is 0 Å². The molecule has 1 aliphatic rings. The van der Waals surface area contributed by atoms with Crippen LogP contribution in [0, 0.1) is 6.92 Å². The number of anilines is 1. The highest BCUT2D eigenvalue weighted by molar-refractivity contribution is 7.09. The Kier molecular flexibility index (Phi) is 2.91. The van der Waals surface area contributed by atoms with Crippen LogP contribution in [0.25, 0.3) is 0 Å². The maximum absolute atomic E-state index is 5.28. The van der Waals surface area contributed by atoms with Gasteiger partial charge in [0.05, 0.1) is 7.11 Å². The number of nitrogens with zero attached hydrogens (tertiary/aromatic N) is 3. The molecule has 0 bridgehead atoms. The fraction of sp³-hybridized carbons (Fsp3) is 0.385. The van der Waals surface area contributed by atoms with Crippen molar-refractivity contribution in [2.24, 2.45) is 0 Å². The molecule has 0 fully saturated rings. The summed E-state index contributed by atoms with van der Waals surface area (Å²) in [4.78, 5) is 6.74. The number of rotatable bonds is 2. The molecule has 1 aromatic heterocycles. The van der Waals surface area contributed by atoms with Gasteiger partial charge in [-0.15, -0.1) is 0 Å². The van der Waals surface area contributed by atoms with E-state index in [1.807, 2.05) is 13.0 Å². The molecule has 1 aliphatic heterocycles. The Balaban J connectivity index is 1.87. The molecule has 0 radical (unpaired) electrons. The Morgan fingerprint density at radius 2 is 2.22 bits per heavy atom. The Bertz CT molecular complexity index is 567. The van der Waals surface area contributed by atoms with Crippen LogP contribution in [0.4, 0.5) is 5.13 Å². The van der Waals surface area contributed by atoms with E-state index in [0.717, 1.165) is 36.2 Å². The molecular formula is C13H15N3OS. The molecule has 0 spiro atoms. The summed E-state index contributed by atoms with van der Waals surface area (Å²) in [7, 11) is 1.70. The van der Waals surface area contributed by atoms with Gasteiger partial charge in [-0.3, -0.25) is 0 Å². The van der Waals surface area contributed by atoms with Crippen LogP contribution in [0.15, 0.2) is 18.2 Å². The van der Waals surface area contributed by atoms with Crippen molar-refractivity contribution >= 4 is 16.7 Å². The van der Waals surface area contributed by atoms with Crippen molar-refractivity contribution in [2.45, 2.75) is 19.9 Å². The number of methoxy groups -OCH3 is 1. The largest absolute Gasteiger partial charge is 0.497 e. The van der Waals surface area contributed by atoms with E-state index in [0.29, 0.717) is 0 Å². The fourth-order valence-corrected chi connectivity index (χ4v) is 2.94. The van der Waals surface area contributed by atoms with Crippen LogP contribution < -0.4 is 9.64 Å². The summed E-state index contributed by atoms with van der Waals surface area (Å²) in [5, 5.41) is 1.01. The zero-order chi connectivity index (χ0) is 12.5. The molecule has 0 amide bonds. The third-order valence-electron chi connectivity index (χ3n) is 3.21. The van der Waals surface area contributed by atoms with E-state index in [1.54, 1.807) is 7.11 Å². The minimum absolute atomic E-state index is 0.853. The number of hydrogen-bond donors (Lipinski definition) is 0. The van der Waals surface area contributed by atoms with Crippen molar-refractivity contribution in [3.05, 3.63) is 35.2 Å². The zero-order valence-corrected chi connectivity index (χ0v) is 11.3. The van der Waals surface area contributed by atoms with Crippen molar-refractivity contribution in [1.29, 1.82) is 0 Å². The van der Waals surface area contributed by atoms with E-state index in [1.165, 1.54) is 22.7 Å². The van der Waals surface area contributed by atoms with Crippen molar-refractivity contribution in [2.75, 3.05) is 18.6 Å². The lowest BCUT2D eigenvalue weighted by Gasteiger charge is -2.28. The molecular weight excluding hydrogens is 246 g/mol. The number of fused-ring (bicyclic) bond motifs is 1. The SMILES string of the molecule is COc1ccc2c(c1)CN(c1nc(C)ns1)CC2. The highest BCUT2D eigenvalue weighted by Gasteiger charge is 2.19.